The van der Waals surface area contributed by atoms with Gasteiger partial charge < -0.3 is 19.9 Å². The van der Waals surface area contributed by atoms with Gasteiger partial charge in [-0.1, -0.05) is 12.1 Å². The average molecular weight is 526 g/mol. The average Bonchev–Trinajstić information content (AvgIpc) is 2.95. The Kier molecular flexibility index (Phi) is 6.55. The molecule has 0 unspecified atom stereocenters. The van der Waals surface area contributed by atoms with Crippen LogP contribution in [0, 0.1) is 9.39 Å². The van der Waals surface area contributed by atoms with Crippen LogP contribution in [0.2, 0.25) is 0 Å². The highest BCUT2D eigenvalue weighted by Crippen LogP contribution is 2.34. The van der Waals surface area contributed by atoms with Crippen molar-refractivity contribution in [1.29, 1.82) is 0 Å². The zero-order valence-corrected chi connectivity index (χ0v) is 17.8. The van der Waals surface area contributed by atoms with E-state index >= 15 is 0 Å². The highest BCUT2D eigenvalue weighted by Gasteiger charge is 2.33. The van der Waals surface area contributed by atoms with Crippen LogP contribution in [-0.4, -0.2) is 41.6 Å². The van der Waals surface area contributed by atoms with Crippen molar-refractivity contribution in [3.8, 4) is 11.5 Å². The first-order chi connectivity index (χ1) is 14.3. The van der Waals surface area contributed by atoms with Gasteiger partial charge in [0.15, 0.2) is 18.1 Å². The summed E-state index contributed by atoms with van der Waals surface area (Å²) in [7, 11) is 1.41. The van der Waals surface area contributed by atoms with Crippen LogP contribution in [0.5, 0.6) is 11.5 Å². The van der Waals surface area contributed by atoms with E-state index in [0.717, 1.165) is 4.90 Å². The molecule has 0 radical (unpaired) electrons. The first-order valence-electron chi connectivity index (χ1n) is 8.59. The number of amides is 3. The van der Waals surface area contributed by atoms with Crippen LogP contribution in [0.4, 0.5) is 9.18 Å². The fraction of sp³-hybridized carbons (Fsp3) is 0.150. The molecule has 156 valence electrons. The summed E-state index contributed by atoms with van der Waals surface area (Å²) in [4.78, 5) is 36.6. The Morgan fingerprint density at radius 1 is 1.27 bits per heavy atom. The molecule has 1 aliphatic rings. The molecule has 3 amide bonds. The number of hydrogen-bond donors (Lipinski definition) is 2. The molecule has 3 rings (SSSR count). The van der Waals surface area contributed by atoms with Gasteiger partial charge in [-0.3, -0.25) is 9.69 Å². The molecule has 0 aromatic heterocycles. The molecule has 10 heteroatoms. The van der Waals surface area contributed by atoms with Crippen molar-refractivity contribution in [2.75, 3.05) is 13.7 Å². The second-order valence-corrected chi connectivity index (χ2v) is 7.38. The van der Waals surface area contributed by atoms with E-state index in [2.05, 4.69) is 5.32 Å². The number of carbonyl (C=O) groups excluding carboxylic acids is 2. The molecular weight excluding hydrogens is 510 g/mol. The van der Waals surface area contributed by atoms with Gasteiger partial charge in [0, 0.05) is 0 Å². The number of rotatable bonds is 7. The fourth-order valence-electron chi connectivity index (χ4n) is 2.75. The van der Waals surface area contributed by atoms with Gasteiger partial charge in [0.25, 0.3) is 5.91 Å². The monoisotopic (exact) mass is 526 g/mol. The zero-order chi connectivity index (χ0) is 21.8. The molecule has 1 aliphatic heterocycles. The summed E-state index contributed by atoms with van der Waals surface area (Å²) in [5, 5.41) is 11.3. The molecular formula is C20H16FIN2O6. The van der Waals surface area contributed by atoms with E-state index in [1.807, 2.05) is 22.6 Å². The van der Waals surface area contributed by atoms with Crippen molar-refractivity contribution in [3.05, 3.63) is 62.6 Å². The van der Waals surface area contributed by atoms with Gasteiger partial charge in [0.1, 0.15) is 11.5 Å². The molecule has 0 saturated carbocycles. The number of benzene rings is 2. The van der Waals surface area contributed by atoms with Gasteiger partial charge in [0.05, 0.1) is 17.2 Å². The van der Waals surface area contributed by atoms with Gasteiger partial charge in [-0.2, -0.15) is 0 Å². The number of hydrogen-bond acceptors (Lipinski definition) is 5. The van der Waals surface area contributed by atoms with Gasteiger partial charge in [-0.05, 0) is 64.1 Å². The molecule has 0 atom stereocenters. The van der Waals surface area contributed by atoms with Crippen molar-refractivity contribution in [1.82, 2.24) is 10.2 Å². The van der Waals surface area contributed by atoms with E-state index in [1.165, 1.54) is 37.5 Å². The number of aliphatic carboxylic acids is 1. The lowest BCUT2D eigenvalue weighted by molar-refractivity contribution is -0.139. The second-order valence-electron chi connectivity index (χ2n) is 6.22. The molecule has 1 saturated heterocycles. The number of nitrogens with one attached hydrogen (secondary N) is 1. The molecule has 2 aromatic carbocycles. The molecule has 8 nitrogen and oxygen atoms in total. The van der Waals surface area contributed by atoms with Gasteiger partial charge in [-0.25, -0.2) is 14.0 Å². The Labute approximate surface area is 184 Å². The number of carboxylic acid groups (broad SMARTS) is 1. The maximum Gasteiger partial charge on any atom is 0.341 e. The normalized spacial score (nSPS) is 14.8. The Morgan fingerprint density at radius 3 is 2.60 bits per heavy atom. The van der Waals surface area contributed by atoms with E-state index in [1.54, 1.807) is 12.1 Å². The molecule has 2 N–H and O–H groups in total. The molecule has 2 aromatic rings. The lowest BCUT2D eigenvalue weighted by Gasteiger charge is -2.12. The van der Waals surface area contributed by atoms with Gasteiger partial charge in [-0.15, -0.1) is 0 Å². The van der Waals surface area contributed by atoms with Gasteiger partial charge in [0.2, 0.25) is 0 Å². The van der Waals surface area contributed by atoms with Gasteiger partial charge >= 0.3 is 12.0 Å². The summed E-state index contributed by atoms with van der Waals surface area (Å²) < 4.78 is 24.1. The predicted molar refractivity (Wildman–Crippen MR) is 112 cm³/mol. The first kappa shape index (κ1) is 21.6. The van der Waals surface area contributed by atoms with Crippen LogP contribution in [-0.2, 0) is 16.1 Å². The topological polar surface area (TPSA) is 105 Å². The number of carbonyl (C=O) groups is 3. The Balaban J connectivity index is 1.83. The van der Waals surface area contributed by atoms with Crippen LogP contribution in [0.3, 0.4) is 0 Å². The summed E-state index contributed by atoms with van der Waals surface area (Å²) in [6.45, 7) is -0.523. The number of methoxy groups -OCH3 is 1. The third-order valence-electron chi connectivity index (χ3n) is 4.12. The summed E-state index contributed by atoms with van der Waals surface area (Å²) in [6, 6.07) is 8.16. The fourth-order valence-corrected chi connectivity index (χ4v) is 3.53. The first-order valence-corrected chi connectivity index (χ1v) is 9.67. The van der Waals surface area contributed by atoms with E-state index in [0.29, 0.717) is 14.7 Å². The third-order valence-corrected chi connectivity index (χ3v) is 4.92. The summed E-state index contributed by atoms with van der Waals surface area (Å²) >= 11 is 1.96. The van der Waals surface area contributed by atoms with E-state index in [9.17, 15) is 18.8 Å². The highest BCUT2D eigenvalue weighted by molar-refractivity contribution is 14.1. The van der Waals surface area contributed by atoms with Crippen molar-refractivity contribution >= 4 is 46.6 Å². The van der Waals surface area contributed by atoms with Crippen LogP contribution in [0.15, 0.2) is 42.1 Å². The summed E-state index contributed by atoms with van der Waals surface area (Å²) in [5.41, 5.74) is 1.22. The lowest BCUT2D eigenvalue weighted by Crippen LogP contribution is -2.30. The van der Waals surface area contributed by atoms with Crippen molar-refractivity contribution in [2.45, 2.75) is 6.54 Å². The smallest absolute Gasteiger partial charge is 0.341 e. The molecule has 0 spiro atoms. The minimum Gasteiger partial charge on any atom is -0.493 e. The Hall–Kier alpha value is -3.15. The Morgan fingerprint density at radius 2 is 1.97 bits per heavy atom. The highest BCUT2D eigenvalue weighted by atomic mass is 127. The SMILES string of the molecule is COc1cc(/C=C2/NC(=O)N(Cc3ccc(F)cc3)C2=O)cc(I)c1OCC(=O)O. The van der Waals surface area contributed by atoms with Crippen molar-refractivity contribution < 1.29 is 33.4 Å². The minimum atomic E-state index is -1.13. The summed E-state index contributed by atoms with van der Waals surface area (Å²) in [6.07, 6.45) is 1.48. The molecule has 1 fully saturated rings. The Bertz CT molecular complexity index is 1040. The maximum atomic E-state index is 13.1. The van der Waals surface area contributed by atoms with Crippen LogP contribution in [0.1, 0.15) is 11.1 Å². The van der Waals surface area contributed by atoms with Crippen LogP contribution in [0.25, 0.3) is 6.08 Å². The largest absolute Gasteiger partial charge is 0.493 e. The van der Waals surface area contributed by atoms with Crippen molar-refractivity contribution in [3.63, 3.8) is 0 Å². The number of ether oxygens (including phenoxy) is 2. The van der Waals surface area contributed by atoms with Crippen LogP contribution >= 0.6 is 22.6 Å². The molecule has 1 heterocycles. The van der Waals surface area contributed by atoms with Crippen molar-refractivity contribution in [2.24, 2.45) is 0 Å². The number of halogens is 2. The lowest BCUT2D eigenvalue weighted by atomic mass is 10.1. The van der Waals surface area contributed by atoms with E-state index in [4.69, 9.17) is 14.6 Å². The predicted octanol–water partition coefficient (Wildman–Crippen LogP) is 3.00. The summed E-state index contributed by atoms with van der Waals surface area (Å²) in [5.74, 6) is -1.50. The zero-order valence-electron chi connectivity index (χ0n) is 15.6. The molecule has 0 aliphatic carbocycles. The van der Waals surface area contributed by atoms with E-state index in [-0.39, 0.29) is 23.7 Å². The van der Waals surface area contributed by atoms with E-state index < -0.39 is 30.3 Å². The number of carboxylic acids is 1. The number of urea groups is 1. The standard InChI is InChI=1S/C20H16FIN2O6/c1-29-16-8-12(6-14(22)18(16)30-10-17(25)26)7-15-19(27)24(20(28)23-15)9-11-2-4-13(21)5-3-11/h2-8H,9-10H2,1H3,(H,23,28)(H,25,26)/b15-7+. The minimum absolute atomic E-state index is 0.00507. The quantitative estimate of drug-likeness (QED) is 0.327. The molecule has 30 heavy (non-hydrogen) atoms. The van der Waals surface area contributed by atoms with Crippen LogP contribution < -0.4 is 14.8 Å². The maximum absolute atomic E-state index is 13.1. The second kappa shape index (κ2) is 9.11. The number of nitrogens with zero attached hydrogens (tertiary/aromatic N) is 1. The third kappa shape index (κ3) is 4.87. The number of imide groups is 1. The molecule has 0 bridgehead atoms.